The van der Waals surface area contributed by atoms with Gasteiger partial charge in [0.2, 0.25) is 0 Å². The first kappa shape index (κ1) is 18.3. The topological polar surface area (TPSA) is 75.9 Å². The molecule has 0 saturated carbocycles. The van der Waals surface area contributed by atoms with Gasteiger partial charge in [0.15, 0.2) is 0 Å². The Morgan fingerprint density at radius 2 is 2.04 bits per heavy atom. The van der Waals surface area contributed by atoms with Crippen molar-refractivity contribution in [3.05, 3.63) is 64.6 Å². The van der Waals surface area contributed by atoms with Gasteiger partial charge in [-0.3, -0.25) is 14.7 Å². The Morgan fingerprint density at radius 3 is 2.71 bits per heavy atom. The summed E-state index contributed by atoms with van der Waals surface area (Å²) in [6, 6.07) is 8.17. The fourth-order valence-electron chi connectivity index (χ4n) is 3.71. The quantitative estimate of drug-likeness (QED) is 0.754. The van der Waals surface area contributed by atoms with Crippen molar-refractivity contribution in [2.45, 2.75) is 25.8 Å². The third kappa shape index (κ3) is 3.66. The Bertz CT molecular complexity index is 1040. The minimum absolute atomic E-state index is 0.121. The van der Waals surface area contributed by atoms with Gasteiger partial charge in [0.1, 0.15) is 17.3 Å². The van der Waals surface area contributed by atoms with Crippen LogP contribution in [0.15, 0.2) is 47.7 Å². The zero-order chi connectivity index (χ0) is 19.7. The summed E-state index contributed by atoms with van der Waals surface area (Å²) >= 11 is 0. The number of aromatic nitrogens is 4. The number of likely N-dealkylation sites (tertiary alicyclic amines) is 1. The van der Waals surface area contributed by atoms with E-state index in [9.17, 15) is 4.79 Å². The first-order chi connectivity index (χ1) is 13.5. The van der Waals surface area contributed by atoms with E-state index in [0.717, 1.165) is 17.8 Å². The van der Waals surface area contributed by atoms with Crippen molar-refractivity contribution in [1.82, 2.24) is 24.4 Å². The molecule has 1 aliphatic rings. The van der Waals surface area contributed by atoms with Gasteiger partial charge < -0.3 is 9.88 Å². The maximum atomic E-state index is 12.5. The first-order valence-electron chi connectivity index (χ1n) is 9.45. The van der Waals surface area contributed by atoms with Crippen LogP contribution >= 0.6 is 0 Å². The van der Waals surface area contributed by atoms with Gasteiger partial charge in [0.25, 0.3) is 5.56 Å². The molecule has 1 aliphatic heterocycles. The molecule has 0 radical (unpaired) electrons. The molecule has 1 fully saturated rings. The van der Waals surface area contributed by atoms with E-state index >= 15 is 0 Å². The maximum Gasteiger partial charge on any atom is 0.274 e. The molecule has 4 heterocycles. The van der Waals surface area contributed by atoms with Crippen LogP contribution in [-0.2, 0) is 7.05 Å². The standard InChI is InChI=1S/C21H24N6O/c1-14-22-9-8-20(24-14)25-18-11-16(13-27(3)21(18)28)17-7-6-15(12-23-17)19-5-4-10-26(19)2/h6-9,11-13,19H,4-5,10H2,1-3H3,(H,22,24,25). The minimum Gasteiger partial charge on any atom is -0.336 e. The summed E-state index contributed by atoms with van der Waals surface area (Å²) in [6.07, 6.45) is 7.82. The summed E-state index contributed by atoms with van der Waals surface area (Å²) in [5.41, 5.74) is 3.29. The molecule has 0 bridgehead atoms. The van der Waals surface area contributed by atoms with Gasteiger partial charge >= 0.3 is 0 Å². The lowest BCUT2D eigenvalue weighted by atomic mass is 10.1. The average molecular weight is 376 g/mol. The number of anilines is 2. The summed E-state index contributed by atoms with van der Waals surface area (Å²) < 4.78 is 1.56. The Balaban J connectivity index is 1.64. The smallest absolute Gasteiger partial charge is 0.274 e. The van der Waals surface area contributed by atoms with Gasteiger partial charge in [-0.1, -0.05) is 6.07 Å². The molecule has 1 N–H and O–H groups in total. The molecule has 0 spiro atoms. The Hall–Kier alpha value is -3.06. The second-order valence-corrected chi connectivity index (χ2v) is 7.29. The van der Waals surface area contributed by atoms with Gasteiger partial charge in [0, 0.05) is 37.2 Å². The van der Waals surface area contributed by atoms with Crippen molar-refractivity contribution in [2.75, 3.05) is 18.9 Å². The van der Waals surface area contributed by atoms with Crippen LogP contribution in [0.4, 0.5) is 11.5 Å². The Morgan fingerprint density at radius 1 is 1.18 bits per heavy atom. The number of pyridine rings is 2. The molecule has 28 heavy (non-hydrogen) atoms. The molecule has 0 amide bonds. The van der Waals surface area contributed by atoms with Crippen molar-refractivity contribution in [3.8, 4) is 11.3 Å². The molecule has 1 saturated heterocycles. The van der Waals surface area contributed by atoms with Gasteiger partial charge in [-0.25, -0.2) is 9.97 Å². The number of hydrogen-bond acceptors (Lipinski definition) is 6. The molecule has 0 aliphatic carbocycles. The highest BCUT2D eigenvalue weighted by Gasteiger charge is 2.22. The average Bonchev–Trinajstić information content (AvgIpc) is 3.11. The zero-order valence-corrected chi connectivity index (χ0v) is 16.4. The molecule has 1 unspecified atom stereocenters. The third-order valence-corrected chi connectivity index (χ3v) is 5.21. The number of nitrogens with zero attached hydrogens (tertiary/aromatic N) is 5. The summed E-state index contributed by atoms with van der Waals surface area (Å²) in [6.45, 7) is 2.94. The zero-order valence-electron chi connectivity index (χ0n) is 16.4. The van der Waals surface area contributed by atoms with Crippen LogP contribution in [0.1, 0.15) is 30.3 Å². The maximum absolute atomic E-state index is 12.5. The minimum atomic E-state index is -0.121. The SMILES string of the molecule is Cc1nccc(Nc2cc(-c3ccc(C4CCCN4C)cn3)cn(C)c2=O)n1. The van der Waals surface area contributed by atoms with Crippen molar-refractivity contribution >= 4 is 11.5 Å². The highest BCUT2D eigenvalue weighted by molar-refractivity contribution is 5.66. The van der Waals surface area contributed by atoms with Crippen LogP contribution in [-0.4, -0.2) is 38.0 Å². The molecule has 7 nitrogen and oxygen atoms in total. The van der Waals surface area contributed by atoms with Crippen LogP contribution in [0.25, 0.3) is 11.3 Å². The van der Waals surface area contributed by atoms with E-state index < -0.39 is 0 Å². The van der Waals surface area contributed by atoms with Crippen LogP contribution in [0.3, 0.4) is 0 Å². The van der Waals surface area contributed by atoms with Crippen molar-refractivity contribution in [2.24, 2.45) is 7.05 Å². The van der Waals surface area contributed by atoms with Crippen LogP contribution < -0.4 is 10.9 Å². The highest BCUT2D eigenvalue weighted by atomic mass is 16.1. The Kier molecular flexibility index (Phi) is 4.92. The molecule has 1 atom stereocenters. The third-order valence-electron chi connectivity index (χ3n) is 5.21. The molecular weight excluding hydrogens is 352 g/mol. The van der Waals surface area contributed by atoms with Gasteiger partial charge in [-0.2, -0.15) is 0 Å². The van der Waals surface area contributed by atoms with E-state index in [1.807, 2.05) is 31.5 Å². The number of aryl methyl sites for hydroxylation is 2. The van der Waals surface area contributed by atoms with E-state index in [2.05, 4.69) is 38.3 Å². The normalized spacial score (nSPS) is 17.0. The van der Waals surface area contributed by atoms with Crippen molar-refractivity contribution < 1.29 is 0 Å². The summed E-state index contributed by atoms with van der Waals surface area (Å²) in [5.74, 6) is 1.24. The molecule has 7 heteroatoms. The second kappa shape index (κ2) is 7.52. The molecule has 4 rings (SSSR count). The monoisotopic (exact) mass is 376 g/mol. The van der Waals surface area contributed by atoms with Crippen LogP contribution in [0.5, 0.6) is 0 Å². The van der Waals surface area contributed by atoms with E-state index in [4.69, 9.17) is 0 Å². The van der Waals surface area contributed by atoms with E-state index in [0.29, 0.717) is 23.4 Å². The largest absolute Gasteiger partial charge is 0.336 e. The lowest BCUT2D eigenvalue weighted by Crippen LogP contribution is -2.20. The molecular formula is C21H24N6O. The van der Waals surface area contributed by atoms with E-state index in [1.165, 1.54) is 18.4 Å². The number of rotatable bonds is 4. The van der Waals surface area contributed by atoms with Gasteiger partial charge in [0.05, 0.1) is 5.69 Å². The van der Waals surface area contributed by atoms with Crippen LogP contribution in [0, 0.1) is 6.92 Å². The van der Waals surface area contributed by atoms with Crippen molar-refractivity contribution in [1.29, 1.82) is 0 Å². The first-order valence-corrected chi connectivity index (χ1v) is 9.45. The molecule has 0 aromatic carbocycles. The summed E-state index contributed by atoms with van der Waals surface area (Å²) in [5, 5.41) is 3.11. The highest BCUT2D eigenvalue weighted by Crippen LogP contribution is 2.30. The fraction of sp³-hybridized carbons (Fsp3) is 0.333. The Labute approximate surface area is 164 Å². The van der Waals surface area contributed by atoms with Crippen LogP contribution in [0.2, 0.25) is 0 Å². The number of hydrogen-bond donors (Lipinski definition) is 1. The molecule has 3 aromatic heterocycles. The van der Waals surface area contributed by atoms with E-state index in [1.54, 1.807) is 23.9 Å². The summed E-state index contributed by atoms with van der Waals surface area (Å²) in [4.78, 5) is 28.0. The predicted molar refractivity (Wildman–Crippen MR) is 110 cm³/mol. The second-order valence-electron chi connectivity index (χ2n) is 7.29. The van der Waals surface area contributed by atoms with Gasteiger partial charge in [-0.15, -0.1) is 0 Å². The van der Waals surface area contributed by atoms with Gasteiger partial charge in [-0.05, 0) is 57.1 Å². The predicted octanol–water partition coefficient (Wildman–Crippen LogP) is 3.06. The van der Waals surface area contributed by atoms with Crippen molar-refractivity contribution in [3.63, 3.8) is 0 Å². The fourth-order valence-corrected chi connectivity index (χ4v) is 3.71. The number of nitrogens with one attached hydrogen (secondary N) is 1. The van der Waals surface area contributed by atoms with E-state index in [-0.39, 0.29) is 5.56 Å². The lowest BCUT2D eigenvalue weighted by Gasteiger charge is -2.19. The molecule has 3 aromatic rings. The lowest BCUT2D eigenvalue weighted by molar-refractivity contribution is 0.317. The molecule has 144 valence electrons. The summed E-state index contributed by atoms with van der Waals surface area (Å²) in [7, 11) is 3.90.